The maximum absolute atomic E-state index is 5.16. The molecule has 29 heavy (non-hydrogen) atoms. The number of fused-ring (bicyclic) bond motifs is 1. The summed E-state index contributed by atoms with van der Waals surface area (Å²) in [5.74, 6) is 1.12. The van der Waals surface area contributed by atoms with E-state index in [0.29, 0.717) is 6.04 Å². The molecule has 1 saturated heterocycles. The van der Waals surface area contributed by atoms with Gasteiger partial charge in [-0.1, -0.05) is 72.9 Å². The first-order valence-electron chi connectivity index (χ1n) is 10.1. The van der Waals surface area contributed by atoms with E-state index >= 15 is 0 Å². The first-order valence-corrected chi connectivity index (χ1v) is 11.9. The number of rotatable bonds is 5. The predicted octanol–water partition coefficient (Wildman–Crippen LogP) is 6.21. The average molecular weight is 418 g/mol. The van der Waals surface area contributed by atoms with Crippen LogP contribution < -0.4 is 0 Å². The maximum Gasteiger partial charge on any atom is 0.160 e. The van der Waals surface area contributed by atoms with Crippen LogP contribution in [0.15, 0.2) is 93.8 Å². The van der Waals surface area contributed by atoms with Gasteiger partial charge in [-0.3, -0.25) is 9.98 Å². The number of thioether (sulfide) groups is 1. The van der Waals surface area contributed by atoms with Crippen molar-refractivity contribution in [2.45, 2.75) is 41.3 Å². The summed E-state index contributed by atoms with van der Waals surface area (Å²) in [5.41, 5.74) is 2.39. The number of amidine groups is 1. The molecule has 0 aliphatic carbocycles. The number of benzene rings is 2. The van der Waals surface area contributed by atoms with Gasteiger partial charge in [0.05, 0.1) is 11.7 Å². The second-order valence-corrected chi connectivity index (χ2v) is 9.39. The molecule has 0 saturated carbocycles. The molecule has 2 aromatic carbocycles. The van der Waals surface area contributed by atoms with E-state index in [4.69, 9.17) is 4.99 Å². The summed E-state index contributed by atoms with van der Waals surface area (Å²) in [6, 6.07) is 26.3. The van der Waals surface area contributed by atoms with E-state index in [2.05, 4.69) is 83.5 Å². The fourth-order valence-electron chi connectivity index (χ4n) is 4.12. The van der Waals surface area contributed by atoms with Crippen molar-refractivity contribution in [1.82, 2.24) is 9.88 Å². The molecule has 1 fully saturated rings. The smallest absolute Gasteiger partial charge is 0.160 e. The lowest BCUT2D eigenvalue weighted by atomic mass is 9.95. The zero-order valence-corrected chi connectivity index (χ0v) is 17.9. The number of aliphatic imine (C=N–C) groups is 1. The normalized spacial score (nSPS) is 23.1. The summed E-state index contributed by atoms with van der Waals surface area (Å²) < 4.78 is 0. The van der Waals surface area contributed by atoms with Crippen molar-refractivity contribution in [1.29, 1.82) is 0 Å². The molecule has 0 N–H and O–H groups in total. The van der Waals surface area contributed by atoms with E-state index in [0.717, 1.165) is 17.9 Å². The molecule has 0 bridgehead atoms. The molecule has 3 aromatic rings. The second kappa shape index (κ2) is 8.25. The van der Waals surface area contributed by atoms with Gasteiger partial charge in [0.1, 0.15) is 6.04 Å². The van der Waals surface area contributed by atoms with Crippen molar-refractivity contribution in [3.05, 3.63) is 90.3 Å². The highest BCUT2D eigenvalue weighted by molar-refractivity contribution is 8.14. The number of hydrogen-bond donors (Lipinski definition) is 0. The van der Waals surface area contributed by atoms with Crippen molar-refractivity contribution in [3.8, 4) is 0 Å². The monoisotopic (exact) mass is 417 g/mol. The number of pyridine rings is 1. The van der Waals surface area contributed by atoms with Gasteiger partial charge in [0, 0.05) is 27.8 Å². The predicted molar refractivity (Wildman–Crippen MR) is 123 cm³/mol. The molecule has 5 heteroatoms. The minimum absolute atomic E-state index is 0.0329. The van der Waals surface area contributed by atoms with Gasteiger partial charge in [-0.05, 0) is 42.3 Å². The summed E-state index contributed by atoms with van der Waals surface area (Å²) in [6.07, 6.45) is 3.01. The van der Waals surface area contributed by atoms with Crippen LogP contribution in [0.4, 0.5) is 0 Å². The van der Waals surface area contributed by atoms with Crippen LogP contribution in [-0.4, -0.2) is 26.8 Å². The van der Waals surface area contributed by atoms with Crippen LogP contribution in [0.2, 0.25) is 0 Å². The Hall–Kier alpha value is -2.24. The van der Waals surface area contributed by atoms with Crippen LogP contribution in [0.5, 0.6) is 0 Å². The zero-order valence-electron chi connectivity index (χ0n) is 16.3. The van der Waals surface area contributed by atoms with Crippen LogP contribution in [0, 0.1) is 0 Å². The van der Waals surface area contributed by atoms with Crippen LogP contribution in [0.25, 0.3) is 0 Å². The van der Waals surface area contributed by atoms with Gasteiger partial charge in [-0.25, -0.2) is 0 Å². The highest BCUT2D eigenvalue weighted by Crippen LogP contribution is 2.50. The fourth-order valence-corrected chi connectivity index (χ4v) is 6.46. The average Bonchev–Trinajstić information content (AvgIpc) is 3.35. The first kappa shape index (κ1) is 18.8. The van der Waals surface area contributed by atoms with Gasteiger partial charge in [-0.15, -0.1) is 0 Å². The SMILES string of the molecule is CC[C@H]1CSC2=N[C@@H](c3ccccn3)[C@@H](c3ccccc3Sc3ccccc3)N21. The summed E-state index contributed by atoms with van der Waals surface area (Å²) in [6.45, 7) is 2.28. The molecule has 1 aromatic heterocycles. The van der Waals surface area contributed by atoms with Gasteiger partial charge in [0.25, 0.3) is 0 Å². The Morgan fingerprint density at radius 1 is 1.00 bits per heavy atom. The van der Waals surface area contributed by atoms with E-state index in [1.54, 1.807) is 0 Å². The number of hydrogen-bond acceptors (Lipinski definition) is 5. The van der Waals surface area contributed by atoms with Crippen molar-refractivity contribution in [3.63, 3.8) is 0 Å². The topological polar surface area (TPSA) is 28.5 Å². The Bertz CT molecular complexity index is 1010. The second-order valence-electron chi connectivity index (χ2n) is 7.29. The summed E-state index contributed by atoms with van der Waals surface area (Å²) in [7, 11) is 0. The zero-order chi connectivity index (χ0) is 19.6. The molecule has 0 spiro atoms. The van der Waals surface area contributed by atoms with Crippen LogP contribution >= 0.6 is 23.5 Å². The molecule has 0 unspecified atom stereocenters. The van der Waals surface area contributed by atoms with Gasteiger partial charge in [0.15, 0.2) is 5.17 Å². The van der Waals surface area contributed by atoms with Gasteiger partial charge < -0.3 is 4.90 Å². The highest BCUT2D eigenvalue weighted by atomic mass is 32.2. The van der Waals surface area contributed by atoms with Crippen LogP contribution in [0.3, 0.4) is 0 Å². The number of aromatic nitrogens is 1. The lowest BCUT2D eigenvalue weighted by Gasteiger charge is -2.33. The minimum Gasteiger partial charge on any atom is -0.338 e. The summed E-state index contributed by atoms with van der Waals surface area (Å²) in [5, 5.41) is 1.18. The molecular formula is C24H23N3S2. The third-order valence-electron chi connectivity index (χ3n) is 5.54. The van der Waals surface area contributed by atoms with E-state index in [-0.39, 0.29) is 12.1 Å². The largest absolute Gasteiger partial charge is 0.338 e. The molecule has 3 heterocycles. The Kier molecular flexibility index (Phi) is 5.34. The van der Waals surface area contributed by atoms with E-state index < -0.39 is 0 Å². The lowest BCUT2D eigenvalue weighted by molar-refractivity contribution is 0.252. The minimum atomic E-state index is 0.0329. The molecule has 3 nitrogen and oxygen atoms in total. The molecular weight excluding hydrogens is 394 g/mol. The first-order chi connectivity index (χ1) is 14.3. The number of nitrogens with zero attached hydrogens (tertiary/aromatic N) is 3. The van der Waals surface area contributed by atoms with Crippen molar-refractivity contribution >= 4 is 28.7 Å². The molecule has 5 rings (SSSR count). The molecule has 2 aliphatic rings. The van der Waals surface area contributed by atoms with Gasteiger partial charge >= 0.3 is 0 Å². The van der Waals surface area contributed by atoms with Gasteiger partial charge in [0.2, 0.25) is 0 Å². The molecule has 2 aliphatic heterocycles. The van der Waals surface area contributed by atoms with Gasteiger partial charge in [-0.2, -0.15) is 0 Å². The maximum atomic E-state index is 5.16. The third kappa shape index (κ3) is 3.58. The Labute approximate surface area is 180 Å². The highest BCUT2D eigenvalue weighted by Gasteiger charge is 2.46. The third-order valence-corrected chi connectivity index (χ3v) is 7.76. The molecule has 146 valence electrons. The quantitative estimate of drug-likeness (QED) is 0.493. The Morgan fingerprint density at radius 2 is 1.79 bits per heavy atom. The summed E-state index contributed by atoms with van der Waals surface area (Å²) >= 11 is 3.73. The van der Waals surface area contributed by atoms with Crippen LogP contribution in [-0.2, 0) is 0 Å². The Morgan fingerprint density at radius 3 is 2.59 bits per heavy atom. The Balaban J connectivity index is 1.59. The lowest BCUT2D eigenvalue weighted by Crippen LogP contribution is -2.35. The fraction of sp³-hybridized carbons (Fsp3) is 0.250. The van der Waals surface area contributed by atoms with E-state index in [9.17, 15) is 0 Å². The standard InChI is InChI=1S/C24H23N3S2/c1-2-17-16-28-24-26-22(20-13-8-9-15-25-20)23(27(17)24)19-12-6-7-14-21(19)29-18-10-4-3-5-11-18/h3-15,17,22-23H,2,16H2,1H3/t17-,22-,23+/m0/s1. The van der Waals surface area contributed by atoms with Crippen molar-refractivity contribution in [2.24, 2.45) is 4.99 Å². The van der Waals surface area contributed by atoms with Crippen molar-refractivity contribution < 1.29 is 0 Å². The molecule has 3 atom stereocenters. The molecule has 0 radical (unpaired) electrons. The van der Waals surface area contributed by atoms with Crippen molar-refractivity contribution in [2.75, 3.05) is 5.75 Å². The molecule has 0 amide bonds. The van der Waals surface area contributed by atoms with E-state index in [1.165, 1.54) is 20.5 Å². The van der Waals surface area contributed by atoms with Crippen LogP contribution in [0.1, 0.15) is 36.7 Å². The summed E-state index contributed by atoms with van der Waals surface area (Å²) in [4.78, 5) is 15.0. The van der Waals surface area contributed by atoms with E-state index in [1.807, 2.05) is 35.8 Å².